The molecule has 1 aromatic rings. The van der Waals surface area contributed by atoms with Gasteiger partial charge in [-0.1, -0.05) is 30.3 Å². The molecule has 4 nitrogen and oxygen atoms in total. The molecule has 0 unspecified atom stereocenters. The van der Waals surface area contributed by atoms with Gasteiger partial charge in [-0.15, -0.1) is 0 Å². The number of carbonyl (C=O) groups is 1. The number of ether oxygens (including phenoxy) is 1. The third-order valence-electron chi connectivity index (χ3n) is 3.50. The zero-order valence-electron chi connectivity index (χ0n) is 10.8. The topological polar surface area (TPSA) is 41.6 Å². The minimum atomic E-state index is -0.296. The number of fused-ring (bicyclic) bond motifs is 1. The number of methoxy groups -OCH3 is 1. The average Bonchev–Trinajstić information content (AvgIpc) is 3.03. The Labute approximate surface area is 112 Å². The van der Waals surface area contributed by atoms with Gasteiger partial charge in [0.15, 0.2) is 0 Å². The Morgan fingerprint density at radius 2 is 2.16 bits per heavy atom. The first-order chi connectivity index (χ1) is 9.29. The summed E-state index contributed by atoms with van der Waals surface area (Å²) in [5, 5.41) is 3.40. The fourth-order valence-electron chi connectivity index (χ4n) is 2.61. The summed E-state index contributed by atoms with van der Waals surface area (Å²) in [6.07, 6.45) is 2.35. The second-order valence-corrected chi connectivity index (χ2v) is 4.61. The fourth-order valence-corrected chi connectivity index (χ4v) is 2.61. The third-order valence-corrected chi connectivity index (χ3v) is 3.50. The van der Waals surface area contributed by atoms with Crippen molar-refractivity contribution in [2.24, 2.45) is 0 Å². The van der Waals surface area contributed by atoms with Crippen LogP contribution in [0.15, 0.2) is 47.9 Å². The zero-order valence-corrected chi connectivity index (χ0v) is 10.8. The van der Waals surface area contributed by atoms with Gasteiger partial charge in [-0.2, -0.15) is 0 Å². The lowest BCUT2D eigenvalue weighted by Crippen LogP contribution is -2.15. The van der Waals surface area contributed by atoms with E-state index < -0.39 is 0 Å². The van der Waals surface area contributed by atoms with Crippen LogP contribution < -0.4 is 5.32 Å². The van der Waals surface area contributed by atoms with Crippen molar-refractivity contribution in [3.63, 3.8) is 0 Å². The zero-order chi connectivity index (χ0) is 13.2. The normalized spacial score (nSPS) is 19.6. The minimum Gasteiger partial charge on any atom is -0.466 e. The van der Waals surface area contributed by atoms with E-state index in [0.29, 0.717) is 0 Å². The maximum Gasteiger partial charge on any atom is 0.332 e. The molecule has 19 heavy (non-hydrogen) atoms. The molecule has 1 aromatic carbocycles. The minimum absolute atomic E-state index is 0.296. The van der Waals surface area contributed by atoms with Crippen molar-refractivity contribution >= 4 is 11.5 Å². The van der Waals surface area contributed by atoms with Gasteiger partial charge in [0.05, 0.1) is 7.11 Å². The lowest BCUT2D eigenvalue weighted by molar-refractivity contribution is -0.134. The van der Waals surface area contributed by atoms with Crippen molar-refractivity contribution in [1.29, 1.82) is 0 Å². The average molecular weight is 256 g/mol. The Kier molecular flexibility index (Phi) is 2.99. The molecule has 0 aromatic heterocycles. The van der Waals surface area contributed by atoms with Crippen LogP contribution in [0.3, 0.4) is 0 Å². The molecule has 0 saturated carbocycles. The number of hydrogen-bond acceptors (Lipinski definition) is 4. The Balaban J connectivity index is 1.96. The van der Waals surface area contributed by atoms with Gasteiger partial charge in [0.25, 0.3) is 0 Å². The Bertz CT molecular complexity index is 561. The SMILES string of the molecule is COC(=O)/C=C1/CC(c2ccccc2)=C2NCCN21. The number of rotatable bonds is 2. The van der Waals surface area contributed by atoms with E-state index in [-0.39, 0.29) is 5.97 Å². The van der Waals surface area contributed by atoms with Crippen LogP contribution in [0.4, 0.5) is 0 Å². The second kappa shape index (κ2) is 4.80. The summed E-state index contributed by atoms with van der Waals surface area (Å²) >= 11 is 0. The quantitative estimate of drug-likeness (QED) is 0.646. The van der Waals surface area contributed by atoms with E-state index in [2.05, 4.69) is 22.3 Å². The number of esters is 1. The van der Waals surface area contributed by atoms with Crippen LogP contribution in [0.1, 0.15) is 12.0 Å². The van der Waals surface area contributed by atoms with E-state index in [1.807, 2.05) is 18.2 Å². The predicted octanol–water partition coefficient (Wildman–Crippen LogP) is 1.72. The van der Waals surface area contributed by atoms with Crippen LogP contribution in [0.2, 0.25) is 0 Å². The van der Waals surface area contributed by atoms with E-state index in [9.17, 15) is 4.79 Å². The highest BCUT2D eigenvalue weighted by atomic mass is 16.5. The molecule has 2 aliphatic heterocycles. The molecule has 0 aliphatic carbocycles. The van der Waals surface area contributed by atoms with E-state index in [4.69, 9.17) is 4.74 Å². The number of nitrogens with one attached hydrogen (secondary N) is 1. The van der Waals surface area contributed by atoms with E-state index in [1.165, 1.54) is 18.2 Å². The van der Waals surface area contributed by atoms with Crippen molar-refractivity contribution in [1.82, 2.24) is 10.2 Å². The molecule has 0 spiro atoms. The van der Waals surface area contributed by atoms with Crippen LogP contribution in [-0.4, -0.2) is 31.1 Å². The summed E-state index contributed by atoms with van der Waals surface area (Å²) in [5.74, 6) is 0.830. The van der Waals surface area contributed by atoms with Gasteiger partial charge in [-0.05, 0) is 5.56 Å². The molecule has 0 bridgehead atoms. The van der Waals surface area contributed by atoms with Gasteiger partial charge >= 0.3 is 5.97 Å². The Hall–Kier alpha value is -2.23. The van der Waals surface area contributed by atoms with Gasteiger partial charge in [0.2, 0.25) is 0 Å². The van der Waals surface area contributed by atoms with Gasteiger partial charge in [0, 0.05) is 36.9 Å². The lowest BCUT2D eigenvalue weighted by Gasteiger charge is -2.14. The number of hydrogen-bond donors (Lipinski definition) is 1. The highest BCUT2D eigenvalue weighted by Crippen LogP contribution is 2.38. The molecule has 3 rings (SSSR count). The highest BCUT2D eigenvalue weighted by Gasteiger charge is 2.31. The molecule has 2 heterocycles. The molecule has 1 N–H and O–H groups in total. The standard InChI is InChI=1S/C15H16N2O2/c1-19-14(18)10-12-9-13(11-5-3-2-4-6-11)15-16-7-8-17(12)15/h2-6,10,16H,7-9H2,1H3/b12-10-. The molecule has 2 aliphatic rings. The summed E-state index contributed by atoms with van der Waals surface area (Å²) in [7, 11) is 1.41. The molecule has 1 saturated heterocycles. The maximum atomic E-state index is 11.4. The van der Waals surface area contributed by atoms with Crippen LogP contribution in [0, 0.1) is 0 Å². The summed E-state index contributed by atoms with van der Waals surface area (Å²) in [5.41, 5.74) is 3.45. The molecule has 4 heteroatoms. The van der Waals surface area contributed by atoms with Gasteiger partial charge in [-0.25, -0.2) is 4.79 Å². The number of nitrogens with zero attached hydrogens (tertiary/aromatic N) is 1. The van der Waals surface area contributed by atoms with Crippen LogP contribution in [0.25, 0.3) is 5.57 Å². The van der Waals surface area contributed by atoms with E-state index >= 15 is 0 Å². The van der Waals surface area contributed by atoms with Crippen molar-refractivity contribution in [3.05, 3.63) is 53.5 Å². The third kappa shape index (κ3) is 2.10. The molecular weight excluding hydrogens is 240 g/mol. The molecular formula is C15H16N2O2. The summed E-state index contributed by atoms with van der Waals surface area (Å²) in [6.45, 7) is 1.80. The second-order valence-electron chi connectivity index (χ2n) is 4.61. The van der Waals surface area contributed by atoms with Crippen LogP contribution in [-0.2, 0) is 9.53 Å². The number of benzene rings is 1. The summed E-state index contributed by atoms with van der Waals surface area (Å²) in [4.78, 5) is 13.6. The van der Waals surface area contributed by atoms with E-state index in [1.54, 1.807) is 6.08 Å². The molecule has 0 atom stereocenters. The number of allylic oxidation sites excluding steroid dienone is 1. The van der Waals surface area contributed by atoms with Crippen molar-refractivity contribution in [3.8, 4) is 0 Å². The molecule has 1 fully saturated rings. The smallest absolute Gasteiger partial charge is 0.332 e. The monoisotopic (exact) mass is 256 g/mol. The summed E-state index contributed by atoms with van der Waals surface area (Å²) < 4.78 is 4.72. The van der Waals surface area contributed by atoms with Crippen molar-refractivity contribution in [2.75, 3.05) is 20.2 Å². The maximum absolute atomic E-state index is 11.4. The first-order valence-corrected chi connectivity index (χ1v) is 6.38. The largest absolute Gasteiger partial charge is 0.466 e. The van der Waals surface area contributed by atoms with Gasteiger partial charge < -0.3 is 15.0 Å². The Morgan fingerprint density at radius 1 is 1.37 bits per heavy atom. The fraction of sp³-hybridized carbons (Fsp3) is 0.267. The first-order valence-electron chi connectivity index (χ1n) is 6.38. The van der Waals surface area contributed by atoms with Crippen molar-refractivity contribution < 1.29 is 9.53 Å². The Morgan fingerprint density at radius 3 is 2.89 bits per heavy atom. The van der Waals surface area contributed by atoms with Crippen LogP contribution >= 0.6 is 0 Å². The highest BCUT2D eigenvalue weighted by molar-refractivity contribution is 5.85. The summed E-state index contributed by atoms with van der Waals surface area (Å²) in [6, 6.07) is 10.3. The lowest BCUT2D eigenvalue weighted by atomic mass is 10.0. The molecule has 98 valence electrons. The predicted molar refractivity (Wildman–Crippen MR) is 72.8 cm³/mol. The molecule has 0 radical (unpaired) electrons. The molecule has 0 amide bonds. The van der Waals surface area contributed by atoms with Gasteiger partial charge in [0.1, 0.15) is 5.82 Å². The van der Waals surface area contributed by atoms with Crippen molar-refractivity contribution in [2.45, 2.75) is 6.42 Å². The first kappa shape index (κ1) is 11.8. The number of carbonyl (C=O) groups excluding carboxylic acids is 1. The van der Waals surface area contributed by atoms with E-state index in [0.717, 1.165) is 31.0 Å². The van der Waals surface area contributed by atoms with Crippen LogP contribution in [0.5, 0.6) is 0 Å². The van der Waals surface area contributed by atoms with Gasteiger partial charge in [-0.3, -0.25) is 0 Å².